The van der Waals surface area contributed by atoms with Crippen LogP contribution in [0.15, 0.2) is 55.0 Å². The van der Waals surface area contributed by atoms with Gasteiger partial charge in [-0.25, -0.2) is 14.2 Å². The summed E-state index contributed by atoms with van der Waals surface area (Å²) in [5.41, 5.74) is -1.97. The Labute approximate surface area is 242 Å². The first-order valence-electron chi connectivity index (χ1n) is 13.3. The number of alkyl halides is 6. The molecule has 0 unspecified atom stereocenters. The highest BCUT2D eigenvalue weighted by atomic mass is 19.4. The number of piperidine rings is 1. The fourth-order valence-corrected chi connectivity index (χ4v) is 5.17. The number of amides is 3. The van der Waals surface area contributed by atoms with Crippen LogP contribution in [0.3, 0.4) is 0 Å². The SMILES string of the molecule is Cc1cc(F)ccc1[C@H]1C[C@@H](C(=O)N(C)c2cnccn2)CCN1C(=O)NCCc1cc(C(F)(F)F)cc(C(F)(F)F)c1. The first kappa shape index (κ1) is 31.7. The van der Waals surface area contributed by atoms with E-state index >= 15 is 0 Å². The second-order valence-electron chi connectivity index (χ2n) is 10.3. The minimum Gasteiger partial charge on any atom is -0.338 e. The highest BCUT2D eigenvalue weighted by Crippen LogP contribution is 2.38. The predicted octanol–water partition coefficient (Wildman–Crippen LogP) is 6.33. The normalized spacial score (nSPS) is 17.5. The Kier molecular flexibility index (Phi) is 9.26. The number of aromatic nitrogens is 2. The Bertz CT molecular complexity index is 1430. The lowest BCUT2D eigenvalue weighted by Crippen LogP contribution is -2.49. The van der Waals surface area contributed by atoms with Crippen LogP contribution in [-0.4, -0.2) is 46.9 Å². The average Bonchev–Trinajstić information content (AvgIpc) is 2.95. The van der Waals surface area contributed by atoms with Gasteiger partial charge in [0.2, 0.25) is 5.91 Å². The van der Waals surface area contributed by atoms with E-state index in [1.807, 2.05) is 0 Å². The van der Waals surface area contributed by atoms with E-state index in [0.717, 1.165) is 0 Å². The highest BCUT2D eigenvalue weighted by Gasteiger charge is 2.39. The summed E-state index contributed by atoms with van der Waals surface area (Å²) in [5, 5.41) is 2.58. The maximum Gasteiger partial charge on any atom is 0.416 e. The molecule has 1 aromatic heterocycles. The maximum atomic E-state index is 13.9. The number of rotatable bonds is 6. The van der Waals surface area contributed by atoms with Gasteiger partial charge in [-0.05, 0) is 73.2 Å². The summed E-state index contributed by atoms with van der Waals surface area (Å²) in [6.45, 7) is 1.53. The van der Waals surface area contributed by atoms with Gasteiger partial charge in [0.25, 0.3) is 0 Å². The highest BCUT2D eigenvalue weighted by molar-refractivity contribution is 5.93. The first-order chi connectivity index (χ1) is 20.1. The van der Waals surface area contributed by atoms with Crippen LogP contribution in [0.1, 0.15) is 46.7 Å². The van der Waals surface area contributed by atoms with Crippen LogP contribution in [0.4, 0.5) is 41.3 Å². The molecule has 43 heavy (non-hydrogen) atoms. The summed E-state index contributed by atoms with van der Waals surface area (Å²) in [5.74, 6) is -0.931. The molecule has 0 spiro atoms. The van der Waals surface area contributed by atoms with Crippen LogP contribution in [0, 0.1) is 18.7 Å². The summed E-state index contributed by atoms with van der Waals surface area (Å²) in [4.78, 5) is 37.6. The van der Waals surface area contributed by atoms with Gasteiger partial charge in [-0.3, -0.25) is 14.7 Å². The second kappa shape index (κ2) is 12.6. The molecular formula is C29H28F7N5O2. The van der Waals surface area contributed by atoms with Crippen LogP contribution in [0.25, 0.3) is 0 Å². The molecule has 2 heterocycles. The number of carbonyl (C=O) groups excluding carboxylic acids is 2. The topological polar surface area (TPSA) is 78.4 Å². The molecular weight excluding hydrogens is 583 g/mol. The lowest BCUT2D eigenvalue weighted by Gasteiger charge is -2.40. The van der Waals surface area contributed by atoms with E-state index in [1.54, 1.807) is 14.0 Å². The number of urea groups is 1. The van der Waals surface area contributed by atoms with Gasteiger partial charge in [0.05, 0.1) is 23.4 Å². The maximum absolute atomic E-state index is 13.9. The molecule has 1 N–H and O–H groups in total. The smallest absolute Gasteiger partial charge is 0.338 e. The van der Waals surface area contributed by atoms with Crippen LogP contribution >= 0.6 is 0 Å². The van der Waals surface area contributed by atoms with Crippen molar-refractivity contribution in [2.45, 2.75) is 44.6 Å². The molecule has 1 aliphatic heterocycles. The zero-order valence-electron chi connectivity index (χ0n) is 23.1. The number of anilines is 1. The number of aryl methyl sites for hydroxylation is 1. The number of benzene rings is 2. The van der Waals surface area contributed by atoms with Crippen molar-refractivity contribution in [2.24, 2.45) is 5.92 Å². The predicted molar refractivity (Wildman–Crippen MR) is 142 cm³/mol. The van der Waals surface area contributed by atoms with Gasteiger partial charge in [-0.1, -0.05) is 6.07 Å². The Morgan fingerprint density at radius 1 is 1.02 bits per heavy atom. The summed E-state index contributed by atoms with van der Waals surface area (Å²) >= 11 is 0. The molecule has 14 heteroatoms. The largest absolute Gasteiger partial charge is 0.416 e. The molecule has 2 aromatic carbocycles. The molecule has 0 bridgehead atoms. The minimum absolute atomic E-state index is 0.0466. The fourth-order valence-electron chi connectivity index (χ4n) is 5.17. The molecule has 3 aromatic rings. The quantitative estimate of drug-likeness (QED) is 0.331. The third-order valence-corrected chi connectivity index (χ3v) is 7.36. The van der Waals surface area contributed by atoms with E-state index in [9.17, 15) is 40.3 Å². The van der Waals surface area contributed by atoms with Gasteiger partial charge in [0.15, 0.2) is 5.82 Å². The van der Waals surface area contributed by atoms with Crippen LogP contribution in [-0.2, 0) is 23.6 Å². The van der Waals surface area contributed by atoms with Crippen molar-refractivity contribution in [2.75, 3.05) is 25.0 Å². The lowest BCUT2D eigenvalue weighted by atomic mass is 9.85. The van der Waals surface area contributed by atoms with Crippen LogP contribution in [0.5, 0.6) is 0 Å². The molecule has 1 aliphatic rings. The standard InChI is InChI=1S/C29H28F7N5O2/c1-17-11-22(30)3-4-23(17)24-14-19(26(42)40(2)25-16-37-8-9-38-25)6-10-41(24)27(43)39-7-5-18-12-20(28(31,32)33)15-21(13-18)29(34,35)36/h3-4,8-9,11-13,15-16,19,24H,5-7,10,14H2,1-2H3,(H,39,43)/t19-,24+/m0/s1. The Morgan fingerprint density at radius 2 is 1.70 bits per heavy atom. The van der Waals surface area contributed by atoms with Crippen molar-refractivity contribution >= 4 is 17.8 Å². The van der Waals surface area contributed by atoms with Gasteiger partial charge < -0.3 is 10.2 Å². The van der Waals surface area contributed by atoms with Crippen molar-refractivity contribution in [3.8, 4) is 0 Å². The molecule has 4 rings (SSSR count). The van der Waals surface area contributed by atoms with Crippen molar-refractivity contribution < 1.29 is 40.3 Å². The average molecular weight is 612 g/mol. The second-order valence-corrected chi connectivity index (χ2v) is 10.3. The molecule has 2 atom stereocenters. The Morgan fingerprint density at radius 3 is 2.28 bits per heavy atom. The number of halogens is 7. The van der Waals surface area contributed by atoms with E-state index < -0.39 is 47.3 Å². The third-order valence-electron chi connectivity index (χ3n) is 7.36. The van der Waals surface area contributed by atoms with E-state index in [2.05, 4.69) is 15.3 Å². The van der Waals surface area contributed by atoms with Gasteiger partial charge in [-0.2, -0.15) is 26.3 Å². The number of carbonyl (C=O) groups is 2. The first-order valence-corrected chi connectivity index (χ1v) is 13.3. The number of nitrogens with one attached hydrogen (secondary N) is 1. The number of nitrogens with zero attached hydrogens (tertiary/aromatic N) is 4. The van der Waals surface area contributed by atoms with Gasteiger partial charge in [-0.15, -0.1) is 0 Å². The van der Waals surface area contributed by atoms with Gasteiger partial charge in [0.1, 0.15) is 5.82 Å². The molecule has 0 saturated carbocycles. The van der Waals surface area contributed by atoms with Crippen molar-refractivity contribution in [3.63, 3.8) is 0 Å². The molecule has 3 amide bonds. The molecule has 230 valence electrons. The van der Waals surface area contributed by atoms with Crippen LogP contribution in [0.2, 0.25) is 0 Å². The minimum atomic E-state index is -4.98. The summed E-state index contributed by atoms with van der Waals surface area (Å²) in [7, 11) is 1.56. The molecule has 0 radical (unpaired) electrons. The van der Waals surface area contributed by atoms with E-state index in [4.69, 9.17) is 0 Å². The molecule has 7 nitrogen and oxygen atoms in total. The van der Waals surface area contributed by atoms with E-state index in [-0.39, 0.29) is 49.9 Å². The van der Waals surface area contributed by atoms with Crippen LogP contribution < -0.4 is 10.2 Å². The summed E-state index contributed by atoms with van der Waals surface area (Å²) in [6.07, 6.45) is -5.46. The summed E-state index contributed by atoms with van der Waals surface area (Å²) < 4.78 is 93.2. The van der Waals surface area contributed by atoms with E-state index in [0.29, 0.717) is 29.1 Å². The molecule has 1 fully saturated rings. The van der Waals surface area contributed by atoms with Gasteiger partial charge >= 0.3 is 18.4 Å². The monoisotopic (exact) mass is 611 g/mol. The Hall–Kier alpha value is -4.23. The molecule has 0 aliphatic carbocycles. The number of hydrogen-bond donors (Lipinski definition) is 1. The summed E-state index contributed by atoms with van der Waals surface area (Å²) in [6, 6.07) is 4.07. The zero-order valence-corrected chi connectivity index (χ0v) is 23.1. The van der Waals surface area contributed by atoms with Crippen molar-refractivity contribution in [3.05, 3.63) is 88.6 Å². The third kappa shape index (κ3) is 7.59. The number of likely N-dealkylation sites (tertiary alicyclic amines) is 1. The van der Waals surface area contributed by atoms with Gasteiger partial charge in [0, 0.05) is 38.4 Å². The van der Waals surface area contributed by atoms with Crippen molar-refractivity contribution in [1.29, 1.82) is 0 Å². The van der Waals surface area contributed by atoms with E-state index in [1.165, 1.54) is 46.6 Å². The Balaban J connectivity index is 1.51. The zero-order chi connectivity index (χ0) is 31.5. The fraction of sp³-hybridized carbons (Fsp3) is 0.379. The number of hydrogen-bond acceptors (Lipinski definition) is 4. The van der Waals surface area contributed by atoms with Crippen molar-refractivity contribution in [1.82, 2.24) is 20.2 Å². The lowest BCUT2D eigenvalue weighted by molar-refractivity contribution is -0.143. The molecule has 1 saturated heterocycles.